The molecule has 1 saturated heterocycles. The standard InChI is InChI=1S/C9H15ClO5S.ClH/c1-2-15-8(11)9(7-16(10,12)13)3-5-14-6-4-9;/h2-7H2,1H3;1H. The average Bonchev–Trinajstić information content (AvgIpc) is 2.17. The first-order valence-electron chi connectivity index (χ1n) is 5.07. The second kappa shape index (κ2) is 6.78. The molecule has 5 nitrogen and oxygen atoms in total. The smallest absolute Gasteiger partial charge is 0.313 e. The SMILES string of the molecule is CCOC(=O)C1(CS(=O)(=O)Cl)CCOCC1.Cl. The topological polar surface area (TPSA) is 69.7 Å². The summed E-state index contributed by atoms with van der Waals surface area (Å²) in [6.07, 6.45) is 0.662. The Morgan fingerprint density at radius 3 is 2.35 bits per heavy atom. The lowest BCUT2D eigenvalue weighted by molar-refractivity contribution is -0.159. The molecule has 0 bridgehead atoms. The molecule has 1 heterocycles. The molecular weight excluding hydrogens is 291 g/mol. The Kier molecular flexibility index (Phi) is 6.76. The van der Waals surface area contributed by atoms with E-state index in [0.29, 0.717) is 26.1 Å². The molecule has 17 heavy (non-hydrogen) atoms. The largest absolute Gasteiger partial charge is 0.466 e. The number of ether oxygens (including phenoxy) is 2. The van der Waals surface area contributed by atoms with Gasteiger partial charge in [0.05, 0.1) is 17.8 Å². The van der Waals surface area contributed by atoms with Crippen LogP contribution < -0.4 is 0 Å². The van der Waals surface area contributed by atoms with Gasteiger partial charge in [-0.3, -0.25) is 4.79 Å². The molecule has 1 aliphatic rings. The Labute approximate surface area is 112 Å². The molecule has 0 N–H and O–H groups in total. The molecule has 0 radical (unpaired) electrons. The van der Waals surface area contributed by atoms with Crippen LogP contribution in [-0.4, -0.2) is 40.0 Å². The number of carbonyl (C=O) groups excluding carboxylic acids is 1. The number of hydrogen-bond donors (Lipinski definition) is 0. The summed E-state index contributed by atoms with van der Waals surface area (Å²) in [5.74, 6) is -0.883. The Balaban J connectivity index is 0.00000256. The van der Waals surface area contributed by atoms with Crippen molar-refractivity contribution in [2.75, 3.05) is 25.6 Å². The van der Waals surface area contributed by atoms with Gasteiger partial charge in [0.15, 0.2) is 0 Å². The highest BCUT2D eigenvalue weighted by molar-refractivity contribution is 8.13. The lowest BCUT2D eigenvalue weighted by atomic mass is 9.82. The first-order valence-corrected chi connectivity index (χ1v) is 7.55. The summed E-state index contributed by atoms with van der Waals surface area (Å²) in [6, 6.07) is 0. The van der Waals surface area contributed by atoms with Gasteiger partial charge in [0, 0.05) is 23.9 Å². The zero-order chi connectivity index (χ0) is 12.2. The molecule has 102 valence electrons. The summed E-state index contributed by atoms with van der Waals surface area (Å²) >= 11 is 0. The van der Waals surface area contributed by atoms with Gasteiger partial charge in [-0.2, -0.15) is 0 Å². The first-order chi connectivity index (χ1) is 7.40. The van der Waals surface area contributed by atoms with Crippen molar-refractivity contribution in [1.29, 1.82) is 0 Å². The molecule has 1 fully saturated rings. The Bertz CT molecular complexity index is 348. The molecule has 0 aliphatic carbocycles. The molecule has 0 aromatic rings. The first kappa shape index (κ1) is 17.0. The highest BCUT2D eigenvalue weighted by Crippen LogP contribution is 2.34. The number of esters is 1. The normalized spacial score (nSPS) is 19.2. The highest BCUT2D eigenvalue weighted by Gasteiger charge is 2.44. The van der Waals surface area contributed by atoms with Gasteiger partial charge in [0.25, 0.3) is 0 Å². The average molecular weight is 307 g/mol. The van der Waals surface area contributed by atoms with Crippen molar-refractivity contribution >= 4 is 38.1 Å². The van der Waals surface area contributed by atoms with Gasteiger partial charge in [-0.15, -0.1) is 12.4 Å². The van der Waals surface area contributed by atoms with Crippen molar-refractivity contribution in [2.45, 2.75) is 19.8 Å². The minimum Gasteiger partial charge on any atom is -0.466 e. The van der Waals surface area contributed by atoms with E-state index < -0.39 is 20.4 Å². The van der Waals surface area contributed by atoms with Crippen molar-refractivity contribution in [3.8, 4) is 0 Å². The third-order valence-electron chi connectivity index (χ3n) is 2.61. The van der Waals surface area contributed by atoms with Crippen molar-refractivity contribution < 1.29 is 22.7 Å². The molecule has 0 amide bonds. The van der Waals surface area contributed by atoms with E-state index in [0.717, 1.165) is 0 Å². The number of carbonyl (C=O) groups is 1. The van der Waals surface area contributed by atoms with Crippen molar-refractivity contribution in [1.82, 2.24) is 0 Å². The summed E-state index contributed by atoms with van der Waals surface area (Å²) in [4.78, 5) is 11.8. The van der Waals surface area contributed by atoms with Crippen molar-refractivity contribution in [2.24, 2.45) is 5.41 Å². The van der Waals surface area contributed by atoms with E-state index in [1.807, 2.05) is 0 Å². The molecule has 0 aromatic heterocycles. The van der Waals surface area contributed by atoms with Crippen molar-refractivity contribution in [3.63, 3.8) is 0 Å². The fraction of sp³-hybridized carbons (Fsp3) is 0.889. The fourth-order valence-corrected chi connectivity index (χ4v) is 3.48. The maximum atomic E-state index is 11.8. The summed E-state index contributed by atoms with van der Waals surface area (Å²) < 4.78 is 32.3. The van der Waals surface area contributed by atoms with Gasteiger partial charge in [-0.05, 0) is 19.8 Å². The summed E-state index contributed by atoms with van der Waals surface area (Å²) in [5, 5.41) is 0. The highest BCUT2D eigenvalue weighted by atomic mass is 35.7. The quantitative estimate of drug-likeness (QED) is 0.579. The van der Waals surface area contributed by atoms with Crippen LogP contribution in [0, 0.1) is 5.41 Å². The van der Waals surface area contributed by atoms with E-state index in [1.54, 1.807) is 6.92 Å². The van der Waals surface area contributed by atoms with E-state index in [9.17, 15) is 13.2 Å². The minimum absolute atomic E-state index is 0. The maximum Gasteiger partial charge on any atom is 0.313 e. The van der Waals surface area contributed by atoms with Crippen LogP contribution in [0.4, 0.5) is 0 Å². The minimum atomic E-state index is -3.73. The second-order valence-corrected chi connectivity index (χ2v) is 6.57. The number of hydrogen-bond acceptors (Lipinski definition) is 5. The van der Waals surface area contributed by atoms with Gasteiger partial charge >= 0.3 is 5.97 Å². The zero-order valence-corrected chi connectivity index (χ0v) is 11.9. The van der Waals surface area contributed by atoms with E-state index in [4.69, 9.17) is 20.2 Å². The van der Waals surface area contributed by atoms with Crippen LogP contribution >= 0.6 is 23.1 Å². The van der Waals surface area contributed by atoms with E-state index in [-0.39, 0.29) is 24.8 Å². The van der Waals surface area contributed by atoms with Crippen molar-refractivity contribution in [3.05, 3.63) is 0 Å². The number of halogens is 2. The Morgan fingerprint density at radius 2 is 1.94 bits per heavy atom. The molecule has 0 spiro atoms. The molecule has 0 aromatic carbocycles. The molecular formula is C9H16Cl2O5S. The monoisotopic (exact) mass is 306 g/mol. The predicted octanol–water partition coefficient (Wildman–Crippen LogP) is 1.34. The van der Waals surface area contributed by atoms with Crippen LogP contribution in [0.25, 0.3) is 0 Å². The van der Waals surface area contributed by atoms with Gasteiger partial charge in [0.1, 0.15) is 0 Å². The summed E-state index contributed by atoms with van der Waals surface area (Å²) in [5.41, 5.74) is -1.03. The molecule has 0 unspecified atom stereocenters. The lowest BCUT2D eigenvalue weighted by Gasteiger charge is -2.33. The van der Waals surface area contributed by atoms with Gasteiger partial charge in [-0.25, -0.2) is 8.42 Å². The molecule has 1 rings (SSSR count). The van der Waals surface area contributed by atoms with Crippen LogP contribution in [0.1, 0.15) is 19.8 Å². The zero-order valence-electron chi connectivity index (χ0n) is 9.48. The fourth-order valence-electron chi connectivity index (χ4n) is 1.78. The van der Waals surface area contributed by atoms with Gasteiger partial charge in [-0.1, -0.05) is 0 Å². The van der Waals surface area contributed by atoms with E-state index >= 15 is 0 Å². The molecule has 0 atom stereocenters. The third-order valence-corrected chi connectivity index (χ3v) is 3.83. The van der Waals surface area contributed by atoms with Gasteiger partial charge in [0.2, 0.25) is 9.05 Å². The van der Waals surface area contributed by atoms with Crippen LogP contribution in [0.5, 0.6) is 0 Å². The van der Waals surface area contributed by atoms with Crippen LogP contribution in [0.2, 0.25) is 0 Å². The van der Waals surface area contributed by atoms with E-state index in [1.165, 1.54) is 0 Å². The Hall–Kier alpha value is -0.0400. The third kappa shape index (κ3) is 4.99. The number of rotatable bonds is 4. The Morgan fingerprint density at radius 1 is 1.41 bits per heavy atom. The molecule has 8 heteroatoms. The lowest BCUT2D eigenvalue weighted by Crippen LogP contribution is -2.43. The molecule has 1 aliphatic heterocycles. The molecule has 0 saturated carbocycles. The second-order valence-electron chi connectivity index (χ2n) is 3.80. The summed E-state index contributed by atoms with van der Waals surface area (Å²) in [6.45, 7) is 2.61. The van der Waals surface area contributed by atoms with Gasteiger partial charge < -0.3 is 9.47 Å². The maximum absolute atomic E-state index is 11.8. The van der Waals surface area contributed by atoms with Crippen LogP contribution in [-0.2, 0) is 23.3 Å². The predicted molar refractivity (Wildman–Crippen MR) is 66.0 cm³/mol. The van der Waals surface area contributed by atoms with Crippen LogP contribution in [0.15, 0.2) is 0 Å². The summed E-state index contributed by atoms with van der Waals surface area (Å²) in [7, 11) is 1.49. The van der Waals surface area contributed by atoms with E-state index in [2.05, 4.69) is 0 Å². The van der Waals surface area contributed by atoms with Crippen LogP contribution in [0.3, 0.4) is 0 Å².